The lowest BCUT2D eigenvalue weighted by atomic mass is 10.1. The minimum absolute atomic E-state index is 0.187. The minimum atomic E-state index is -0.381. The van der Waals surface area contributed by atoms with Crippen LogP contribution in [-0.4, -0.2) is 26.8 Å². The van der Waals surface area contributed by atoms with E-state index in [9.17, 15) is 4.79 Å². The van der Waals surface area contributed by atoms with Gasteiger partial charge in [0.2, 0.25) is 0 Å². The molecule has 116 valence electrons. The molecule has 0 saturated heterocycles. The van der Waals surface area contributed by atoms with Crippen LogP contribution < -0.4 is 0 Å². The molecule has 0 spiro atoms. The number of aromatic nitrogens is 3. The van der Waals surface area contributed by atoms with E-state index in [0.717, 1.165) is 11.3 Å². The zero-order chi connectivity index (χ0) is 16.2. The Hall–Kier alpha value is -2.95. The average molecular weight is 307 g/mol. The molecule has 3 rings (SSSR count). The van der Waals surface area contributed by atoms with E-state index < -0.39 is 0 Å². The predicted octanol–water partition coefficient (Wildman–Crippen LogP) is 3.50. The number of esters is 1. The van der Waals surface area contributed by atoms with Gasteiger partial charge in [-0.25, -0.2) is 9.48 Å². The van der Waals surface area contributed by atoms with Crippen LogP contribution in [0, 0.1) is 0 Å². The van der Waals surface area contributed by atoms with Crippen molar-refractivity contribution in [2.75, 3.05) is 0 Å². The monoisotopic (exact) mass is 307 g/mol. The Balaban J connectivity index is 2.09. The van der Waals surface area contributed by atoms with Crippen LogP contribution >= 0.6 is 0 Å². The smallest absolute Gasteiger partial charge is 0.342 e. The third kappa shape index (κ3) is 3.29. The lowest BCUT2D eigenvalue weighted by Gasteiger charge is -2.07. The van der Waals surface area contributed by atoms with Crippen LogP contribution in [0.15, 0.2) is 61.1 Å². The molecule has 2 aromatic heterocycles. The molecular weight excluding hydrogens is 290 g/mol. The van der Waals surface area contributed by atoms with Gasteiger partial charge in [0.25, 0.3) is 0 Å². The number of hydrogen-bond donors (Lipinski definition) is 0. The highest BCUT2D eigenvalue weighted by atomic mass is 16.5. The Morgan fingerprint density at radius 2 is 1.78 bits per heavy atom. The van der Waals surface area contributed by atoms with Crippen LogP contribution in [0.3, 0.4) is 0 Å². The van der Waals surface area contributed by atoms with E-state index in [1.54, 1.807) is 23.3 Å². The maximum atomic E-state index is 12.4. The summed E-state index contributed by atoms with van der Waals surface area (Å²) in [6.07, 6.45) is 4.87. The van der Waals surface area contributed by atoms with Crippen LogP contribution in [0.4, 0.5) is 0 Å². The molecule has 0 saturated carbocycles. The van der Waals surface area contributed by atoms with Crippen molar-refractivity contribution < 1.29 is 9.53 Å². The zero-order valence-corrected chi connectivity index (χ0v) is 13.0. The summed E-state index contributed by atoms with van der Waals surface area (Å²) in [4.78, 5) is 16.4. The van der Waals surface area contributed by atoms with Gasteiger partial charge in [0.05, 0.1) is 11.8 Å². The van der Waals surface area contributed by atoms with Gasteiger partial charge in [0.15, 0.2) is 0 Å². The number of carbonyl (C=O) groups is 1. The molecule has 0 aliphatic rings. The molecule has 0 aliphatic heterocycles. The fraction of sp³-hybridized carbons (Fsp3) is 0.167. The van der Waals surface area contributed by atoms with E-state index in [0.29, 0.717) is 11.3 Å². The molecule has 3 aromatic rings. The summed E-state index contributed by atoms with van der Waals surface area (Å²) in [5.41, 5.74) is 2.73. The van der Waals surface area contributed by atoms with E-state index in [-0.39, 0.29) is 12.1 Å². The largest absolute Gasteiger partial charge is 0.459 e. The lowest BCUT2D eigenvalue weighted by Crippen LogP contribution is -2.11. The van der Waals surface area contributed by atoms with Crippen molar-refractivity contribution in [1.29, 1.82) is 0 Å². The van der Waals surface area contributed by atoms with Crippen molar-refractivity contribution in [3.05, 3.63) is 66.6 Å². The van der Waals surface area contributed by atoms with Gasteiger partial charge >= 0.3 is 5.97 Å². The maximum absolute atomic E-state index is 12.4. The average Bonchev–Trinajstić information content (AvgIpc) is 3.01. The first-order valence-corrected chi connectivity index (χ1v) is 7.41. The number of rotatable bonds is 4. The van der Waals surface area contributed by atoms with Crippen LogP contribution in [0.2, 0.25) is 0 Å². The standard InChI is InChI=1S/C18H17N3O2/c1-13(2)23-18(22)16-12-21(15-6-4-3-5-7-15)20-17(16)14-8-10-19-11-9-14/h3-13H,1-2H3. The Kier molecular flexibility index (Phi) is 4.19. The van der Waals surface area contributed by atoms with E-state index in [4.69, 9.17) is 4.74 Å². The first-order chi connectivity index (χ1) is 11.1. The molecule has 0 radical (unpaired) electrons. The predicted molar refractivity (Wildman–Crippen MR) is 87.3 cm³/mol. The number of para-hydroxylation sites is 1. The number of hydrogen-bond acceptors (Lipinski definition) is 4. The van der Waals surface area contributed by atoms with E-state index in [1.807, 2.05) is 56.3 Å². The highest BCUT2D eigenvalue weighted by Gasteiger charge is 2.20. The van der Waals surface area contributed by atoms with Crippen molar-refractivity contribution >= 4 is 5.97 Å². The van der Waals surface area contributed by atoms with Gasteiger partial charge in [-0.2, -0.15) is 5.10 Å². The molecule has 0 fully saturated rings. The molecule has 0 bridgehead atoms. The van der Waals surface area contributed by atoms with E-state index >= 15 is 0 Å². The zero-order valence-electron chi connectivity index (χ0n) is 13.0. The second-order valence-corrected chi connectivity index (χ2v) is 5.36. The second-order valence-electron chi connectivity index (χ2n) is 5.36. The highest BCUT2D eigenvalue weighted by Crippen LogP contribution is 2.24. The van der Waals surface area contributed by atoms with Crippen molar-refractivity contribution in [2.45, 2.75) is 20.0 Å². The van der Waals surface area contributed by atoms with Crippen LogP contribution in [0.5, 0.6) is 0 Å². The summed E-state index contributed by atoms with van der Waals surface area (Å²) < 4.78 is 7.03. The van der Waals surface area contributed by atoms with Gasteiger partial charge in [0.1, 0.15) is 11.3 Å². The SMILES string of the molecule is CC(C)OC(=O)c1cn(-c2ccccc2)nc1-c1ccncc1. The molecule has 0 atom stereocenters. The Labute approximate surface area is 134 Å². The Bertz CT molecular complexity index is 796. The van der Waals surface area contributed by atoms with Gasteiger partial charge in [-0.15, -0.1) is 0 Å². The topological polar surface area (TPSA) is 57.0 Å². The molecule has 2 heterocycles. The third-order valence-electron chi connectivity index (χ3n) is 3.25. The first-order valence-electron chi connectivity index (χ1n) is 7.41. The van der Waals surface area contributed by atoms with E-state index in [2.05, 4.69) is 10.1 Å². The lowest BCUT2D eigenvalue weighted by molar-refractivity contribution is 0.0379. The van der Waals surface area contributed by atoms with Crippen LogP contribution in [-0.2, 0) is 4.74 Å². The first kappa shape index (κ1) is 15.0. The van der Waals surface area contributed by atoms with Crippen molar-refractivity contribution in [1.82, 2.24) is 14.8 Å². The third-order valence-corrected chi connectivity index (χ3v) is 3.25. The fourth-order valence-corrected chi connectivity index (χ4v) is 2.24. The number of pyridine rings is 1. The molecule has 0 amide bonds. The molecule has 1 aromatic carbocycles. The van der Waals surface area contributed by atoms with Gasteiger partial charge in [-0.05, 0) is 38.1 Å². The molecular formula is C18H17N3O2. The molecule has 23 heavy (non-hydrogen) atoms. The fourth-order valence-electron chi connectivity index (χ4n) is 2.24. The van der Waals surface area contributed by atoms with Crippen molar-refractivity contribution in [3.63, 3.8) is 0 Å². The molecule has 5 heteroatoms. The maximum Gasteiger partial charge on any atom is 0.342 e. The van der Waals surface area contributed by atoms with Crippen LogP contribution in [0.1, 0.15) is 24.2 Å². The van der Waals surface area contributed by atoms with Gasteiger partial charge in [-0.3, -0.25) is 4.98 Å². The summed E-state index contributed by atoms with van der Waals surface area (Å²) >= 11 is 0. The molecule has 0 unspecified atom stereocenters. The van der Waals surface area contributed by atoms with Gasteiger partial charge < -0.3 is 4.74 Å². The number of carbonyl (C=O) groups excluding carboxylic acids is 1. The van der Waals surface area contributed by atoms with Crippen molar-refractivity contribution in [3.8, 4) is 16.9 Å². The Morgan fingerprint density at radius 1 is 1.09 bits per heavy atom. The molecule has 0 aliphatic carbocycles. The second kappa shape index (κ2) is 6.44. The summed E-state index contributed by atoms with van der Waals surface area (Å²) in [5, 5.41) is 4.57. The normalized spacial score (nSPS) is 10.7. The van der Waals surface area contributed by atoms with Crippen molar-refractivity contribution in [2.24, 2.45) is 0 Å². The number of nitrogens with zero attached hydrogens (tertiary/aromatic N) is 3. The number of benzene rings is 1. The quantitative estimate of drug-likeness (QED) is 0.692. The number of ether oxygens (including phenoxy) is 1. The minimum Gasteiger partial charge on any atom is -0.459 e. The van der Waals surface area contributed by atoms with Crippen LogP contribution in [0.25, 0.3) is 16.9 Å². The molecule has 5 nitrogen and oxygen atoms in total. The molecule has 0 N–H and O–H groups in total. The summed E-state index contributed by atoms with van der Waals surface area (Å²) in [6, 6.07) is 13.3. The summed E-state index contributed by atoms with van der Waals surface area (Å²) in [5.74, 6) is -0.381. The Morgan fingerprint density at radius 3 is 2.43 bits per heavy atom. The van der Waals surface area contributed by atoms with E-state index in [1.165, 1.54) is 0 Å². The highest BCUT2D eigenvalue weighted by molar-refractivity contribution is 5.96. The summed E-state index contributed by atoms with van der Waals surface area (Å²) in [6.45, 7) is 3.65. The van der Waals surface area contributed by atoms with Gasteiger partial charge in [-0.1, -0.05) is 18.2 Å². The van der Waals surface area contributed by atoms with Gasteiger partial charge in [0, 0.05) is 24.2 Å². The summed E-state index contributed by atoms with van der Waals surface area (Å²) in [7, 11) is 0.